The molecular weight excluding hydrogens is 329 g/mol. The van der Waals surface area contributed by atoms with Crippen molar-refractivity contribution in [3.8, 4) is 11.4 Å². The number of nitrogens with zero attached hydrogens (tertiary/aromatic N) is 4. The van der Waals surface area contributed by atoms with Crippen molar-refractivity contribution >= 4 is 22.9 Å². The van der Waals surface area contributed by atoms with Gasteiger partial charge in [-0.3, -0.25) is 0 Å². The number of nitrogens with two attached hydrogens (primary N) is 1. The molecule has 8 heteroatoms. The highest BCUT2D eigenvalue weighted by atomic mass is 32.2. The van der Waals surface area contributed by atoms with E-state index in [4.69, 9.17) is 10.3 Å². The van der Waals surface area contributed by atoms with Crippen LogP contribution in [0.2, 0.25) is 0 Å². The summed E-state index contributed by atoms with van der Waals surface area (Å²) in [4.78, 5) is 4.39. The first-order valence-electron chi connectivity index (χ1n) is 7.15. The number of aromatic nitrogens is 4. The number of para-hydroxylation sites is 2. The van der Waals surface area contributed by atoms with E-state index in [0.29, 0.717) is 22.4 Å². The van der Waals surface area contributed by atoms with E-state index in [2.05, 4.69) is 15.2 Å². The van der Waals surface area contributed by atoms with Crippen LogP contribution in [0.5, 0.6) is 0 Å². The van der Waals surface area contributed by atoms with Crippen LogP contribution in [0.15, 0.2) is 58.1 Å². The maximum atomic E-state index is 13.9. The van der Waals surface area contributed by atoms with E-state index < -0.39 is 5.82 Å². The van der Waals surface area contributed by atoms with Gasteiger partial charge >= 0.3 is 0 Å². The van der Waals surface area contributed by atoms with E-state index >= 15 is 0 Å². The Labute approximate surface area is 140 Å². The van der Waals surface area contributed by atoms with Gasteiger partial charge in [-0.15, -0.1) is 10.2 Å². The third-order valence-corrected chi connectivity index (χ3v) is 4.37. The van der Waals surface area contributed by atoms with Gasteiger partial charge in [-0.1, -0.05) is 36.0 Å². The van der Waals surface area contributed by atoms with Crippen LogP contribution in [-0.4, -0.2) is 19.9 Å². The smallest absolute Gasteiger partial charge is 0.210 e. The van der Waals surface area contributed by atoms with Crippen LogP contribution in [0.25, 0.3) is 22.5 Å². The second-order valence-corrected chi connectivity index (χ2v) is 5.96. The molecule has 0 atom stereocenters. The van der Waals surface area contributed by atoms with Gasteiger partial charge in [0.2, 0.25) is 11.0 Å². The summed E-state index contributed by atoms with van der Waals surface area (Å²) >= 11 is 1.32. The SMILES string of the molecule is Nn1c(SCc2nc3ccccc3o2)nnc1-c1ccccc1F. The molecule has 2 aromatic carbocycles. The van der Waals surface area contributed by atoms with Crippen molar-refractivity contribution in [1.82, 2.24) is 19.9 Å². The van der Waals surface area contributed by atoms with Gasteiger partial charge in [-0.2, -0.15) is 0 Å². The Hall–Kier alpha value is -2.87. The van der Waals surface area contributed by atoms with Crippen molar-refractivity contribution in [1.29, 1.82) is 0 Å². The minimum atomic E-state index is -0.396. The summed E-state index contributed by atoms with van der Waals surface area (Å²) < 4.78 is 20.8. The fourth-order valence-electron chi connectivity index (χ4n) is 2.31. The standard InChI is InChI=1S/C16H12FN5OS/c17-11-6-2-1-5-10(11)15-20-21-16(22(15)18)24-9-14-19-12-7-3-4-8-13(12)23-14/h1-8H,9,18H2. The lowest BCUT2D eigenvalue weighted by atomic mass is 10.2. The fourth-order valence-corrected chi connectivity index (χ4v) is 3.01. The lowest BCUT2D eigenvalue weighted by Gasteiger charge is -2.03. The Balaban J connectivity index is 1.56. The number of hydrogen-bond acceptors (Lipinski definition) is 6. The van der Waals surface area contributed by atoms with Crippen LogP contribution in [0.1, 0.15) is 5.89 Å². The Morgan fingerprint density at radius 3 is 2.71 bits per heavy atom. The van der Waals surface area contributed by atoms with Gasteiger partial charge in [0.05, 0.1) is 11.3 Å². The van der Waals surface area contributed by atoms with E-state index in [1.807, 2.05) is 24.3 Å². The number of halogens is 1. The number of rotatable bonds is 4. The predicted octanol–water partition coefficient (Wildman–Crippen LogP) is 3.23. The molecule has 0 aliphatic rings. The highest BCUT2D eigenvalue weighted by Crippen LogP contribution is 2.26. The lowest BCUT2D eigenvalue weighted by molar-refractivity contribution is 0.556. The molecule has 0 bridgehead atoms. The van der Waals surface area contributed by atoms with Crippen molar-refractivity contribution in [2.24, 2.45) is 0 Å². The van der Waals surface area contributed by atoms with Crippen LogP contribution in [-0.2, 0) is 5.75 Å². The van der Waals surface area contributed by atoms with Gasteiger partial charge in [-0.05, 0) is 24.3 Å². The molecule has 0 unspecified atom stereocenters. The summed E-state index contributed by atoms with van der Waals surface area (Å²) in [5.41, 5.74) is 1.84. The molecule has 0 amide bonds. The van der Waals surface area contributed by atoms with Crippen LogP contribution in [0.3, 0.4) is 0 Å². The van der Waals surface area contributed by atoms with Gasteiger partial charge in [0.1, 0.15) is 11.3 Å². The molecule has 0 aliphatic carbocycles. The first-order chi connectivity index (χ1) is 11.7. The molecule has 0 radical (unpaired) electrons. The van der Waals surface area contributed by atoms with Crippen LogP contribution >= 0.6 is 11.8 Å². The summed E-state index contributed by atoms with van der Waals surface area (Å²) in [5, 5.41) is 8.45. The minimum Gasteiger partial charge on any atom is -0.440 e. The molecule has 120 valence electrons. The van der Waals surface area contributed by atoms with E-state index in [0.717, 1.165) is 11.1 Å². The second-order valence-electron chi connectivity index (χ2n) is 5.02. The maximum absolute atomic E-state index is 13.9. The number of fused-ring (bicyclic) bond motifs is 1. The molecule has 2 aromatic heterocycles. The quantitative estimate of drug-likeness (QED) is 0.453. The van der Waals surface area contributed by atoms with Crippen molar-refractivity contribution < 1.29 is 8.81 Å². The number of thioether (sulfide) groups is 1. The molecule has 2 N–H and O–H groups in total. The molecule has 6 nitrogen and oxygen atoms in total. The Morgan fingerprint density at radius 1 is 1.08 bits per heavy atom. The summed E-state index contributed by atoms with van der Waals surface area (Å²) in [5.74, 6) is 6.88. The molecular formula is C16H12FN5OS. The van der Waals surface area contributed by atoms with Crippen LogP contribution in [0, 0.1) is 5.82 Å². The second kappa shape index (κ2) is 5.97. The first-order valence-corrected chi connectivity index (χ1v) is 8.13. The zero-order valence-electron chi connectivity index (χ0n) is 12.4. The van der Waals surface area contributed by atoms with Crippen molar-refractivity contribution in [3.05, 3.63) is 60.2 Å². The molecule has 2 heterocycles. The van der Waals surface area contributed by atoms with Crippen LogP contribution < -0.4 is 5.84 Å². The molecule has 0 saturated carbocycles. The number of oxazole rings is 1. The molecule has 0 fully saturated rings. The van der Waals surface area contributed by atoms with E-state index in [1.165, 1.54) is 22.5 Å². The summed E-state index contributed by atoms with van der Waals surface area (Å²) in [6.07, 6.45) is 0. The summed E-state index contributed by atoms with van der Waals surface area (Å²) in [7, 11) is 0. The number of hydrogen-bond donors (Lipinski definition) is 1. The van der Waals surface area contributed by atoms with E-state index in [9.17, 15) is 4.39 Å². The number of nitrogen functional groups attached to an aromatic ring is 1. The average molecular weight is 341 g/mol. The highest BCUT2D eigenvalue weighted by Gasteiger charge is 2.16. The molecule has 24 heavy (non-hydrogen) atoms. The number of benzene rings is 2. The molecule has 4 rings (SSSR count). The summed E-state index contributed by atoms with van der Waals surface area (Å²) in [6.45, 7) is 0. The molecule has 0 spiro atoms. The normalized spacial score (nSPS) is 11.2. The average Bonchev–Trinajstić information content (AvgIpc) is 3.17. The molecule has 0 aliphatic heterocycles. The van der Waals surface area contributed by atoms with Gasteiger partial charge in [0, 0.05) is 0 Å². The van der Waals surface area contributed by atoms with Crippen molar-refractivity contribution in [3.63, 3.8) is 0 Å². The first kappa shape index (κ1) is 14.7. The lowest BCUT2D eigenvalue weighted by Crippen LogP contribution is -2.12. The fraction of sp³-hybridized carbons (Fsp3) is 0.0625. The third-order valence-electron chi connectivity index (χ3n) is 3.44. The highest BCUT2D eigenvalue weighted by molar-refractivity contribution is 7.98. The van der Waals surface area contributed by atoms with Crippen LogP contribution in [0.4, 0.5) is 4.39 Å². The molecule has 4 aromatic rings. The van der Waals surface area contributed by atoms with Gasteiger partial charge in [0.15, 0.2) is 11.4 Å². The minimum absolute atomic E-state index is 0.271. The zero-order valence-corrected chi connectivity index (χ0v) is 13.2. The van der Waals surface area contributed by atoms with Gasteiger partial charge in [-0.25, -0.2) is 14.1 Å². The largest absolute Gasteiger partial charge is 0.440 e. The van der Waals surface area contributed by atoms with Crippen molar-refractivity contribution in [2.45, 2.75) is 10.9 Å². The Kier molecular flexibility index (Phi) is 3.66. The topological polar surface area (TPSA) is 82.8 Å². The zero-order chi connectivity index (χ0) is 16.5. The van der Waals surface area contributed by atoms with Crippen molar-refractivity contribution in [2.75, 3.05) is 5.84 Å². The summed E-state index contributed by atoms with van der Waals surface area (Å²) in [6, 6.07) is 13.8. The van der Waals surface area contributed by atoms with Gasteiger partial charge in [0.25, 0.3) is 0 Å². The van der Waals surface area contributed by atoms with Gasteiger partial charge < -0.3 is 10.3 Å². The Bertz CT molecular complexity index is 980. The monoisotopic (exact) mass is 341 g/mol. The maximum Gasteiger partial charge on any atom is 0.210 e. The van der Waals surface area contributed by atoms with E-state index in [-0.39, 0.29) is 5.82 Å². The Morgan fingerprint density at radius 2 is 1.88 bits per heavy atom. The third kappa shape index (κ3) is 2.61. The van der Waals surface area contributed by atoms with E-state index in [1.54, 1.807) is 18.2 Å². The predicted molar refractivity (Wildman–Crippen MR) is 89.1 cm³/mol. The molecule has 0 saturated heterocycles.